The molecule has 5 nitrogen and oxygen atoms in total. The van der Waals surface area contributed by atoms with Crippen molar-refractivity contribution in [2.24, 2.45) is 0 Å². The summed E-state index contributed by atoms with van der Waals surface area (Å²) in [5.74, 6) is 0.383. The summed E-state index contributed by atoms with van der Waals surface area (Å²) in [5, 5.41) is 3.33. The van der Waals surface area contributed by atoms with Crippen LogP contribution in [0.1, 0.15) is 23.2 Å². The number of pyridine rings is 1. The van der Waals surface area contributed by atoms with Gasteiger partial charge < -0.3 is 9.73 Å². The fourth-order valence-corrected chi connectivity index (χ4v) is 2.40. The van der Waals surface area contributed by atoms with E-state index in [-0.39, 0.29) is 5.91 Å². The van der Waals surface area contributed by atoms with E-state index in [0.29, 0.717) is 33.7 Å². The van der Waals surface area contributed by atoms with Crippen molar-refractivity contribution in [3.05, 3.63) is 47.2 Å². The van der Waals surface area contributed by atoms with E-state index in [1.165, 1.54) is 0 Å². The number of aromatic nitrogens is 2. The maximum Gasteiger partial charge on any atom is 0.251 e. The van der Waals surface area contributed by atoms with Gasteiger partial charge >= 0.3 is 0 Å². The first-order chi connectivity index (χ1) is 10.7. The Bertz CT molecular complexity index is 871. The highest BCUT2D eigenvalue weighted by Crippen LogP contribution is 2.26. The lowest BCUT2D eigenvalue weighted by Gasteiger charge is -2.01. The van der Waals surface area contributed by atoms with Gasteiger partial charge in [0.15, 0.2) is 5.58 Å². The summed E-state index contributed by atoms with van der Waals surface area (Å²) in [4.78, 5) is 20.4. The maximum atomic E-state index is 12.1. The highest BCUT2D eigenvalue weighted by Gasteiger charge is 2.24. The van der Waals surface area contributed by atoms with E-state index in [1.54, 1.807) is 36.5 Å². The quantitative estimate of drug-likeness (QED) is 0.752. The van der Waals surface area contributed by atoms with Crippen LogP contribution >= 0.6 is 11.6 Å². The highest BCUT2D eigenvalue weighted by atomic mass is 35.5. The Hall–Kier alpha value is -2.40. The van der Waals surface area contributed by atoms with Crippen LogP contribution in [0.5, 0.6) is 0 Å². The van der Waals surface area contributed by atoms with Crippen LogP contribution in [-0.2, 0) is 0 Å². The fourth-order valence-electron chi connectivity index (χ4n) is 2.22. The predicted molar refractivity (Wildman–Crippen MR) is 82.7 cm³/mol. The van der Waals surface area contributed by atoms with Gasteiger partial charge in [0.1, 0.15) is 10.7 Å². The molecule has 0 atom stereocenters. The molecule has 2 aromatic heterocycles. The molecule has 1 aromatic carbocycles. The lowest BCUT2D eigenvalue weighted by atomic mass is 10.2. The molecule has 2 heterocycles. The van der Waals surface area contributed by atoms with Gasteiger partial charge in [0, 0.05) is 23.4 Å². The molecule has 0 bridgehead atoms. The summed E-state index contributed by atoms with van der Waals surface area (Å²) in [5.41, 5.74) is 2.60. The van der Waals surface area contributed by atoms with E-state index in [2.05, 4.69) is 15.3 Å². The summed E-state index contributed by atoms with van der Waals surface area (Å²) in [6.45, 7) is 0. The molecule has 0 aliphatic heterocycles. The van der Waals surface area contributed by atoms with Crippen molar-refractivity contribution in [2.75, 3.05) is 0 Å². The van der Waals surface area contributed by atoms with Crippen molar-refractivity contribution in [3.8, 4) is 11.5 Å². The van der Waals surface area contributed by atoms with Crippen LogP contribution in [0, 0.1) is 0 Å². The molecular formula is C16H12ClN3O2. The highest BCUT2D eigenvalue weighted by molar-refractivity contribution is 6.29. The first kappa shape index (κ1) is 13.3. The van der Waals surface area contributed by atoms with Gasteiger partial charge in [-0.05, 0) is 43.2 Å². The number of oxazole rings is 1. The van der Waals surface area contributed by atoms with Crippen molar-refractivity contribution >= 4 is 28.6 Å². The molecule has 1 aliphatic carbocycles. The Balaban J connectivity index is 1.69. The number of amides is 1. The Kier molecular flexibility index (Phi) is 3.08. The van der Waals surface area contributed by atoms with Crippen molar-refractivity contribution in [3.63, 3.8) is 0 Å². The normalized spacial score (nSPS) is 14.2. The van der Waals surface area contributed by atoms with Gasteiger partial charge in [-0.15, -0.1) is 0 Å². The van der Waals surface area contributed by atoms with Crippen LogP contribution in [0.25, 0.3) is 22.6 Å². The molecule has 1 aliphatic rings. The molecule has 6 heteroatoms. The number of hydrogen-bond donors (Lipinski definition) is 1. The number of nitrogens with zero attached hydrogens (tertiary/aromatic N) is 2. The third kappa shape index (κ3) is 2.55. The molecule has 1 amide bonds. The second-order valence-electron chi connectivity index (χ2n) is 5.32. The summed E-state index contributed by atoms with van der Waals surface area (Å²) in [6.07, 6.45) is 3.72. The van der Waals surface area contributed by atoms with E-state index in [1.807, 2.05) is 0 Å². The van der Waals surface area contributed by atoms with Gasteiger partial charge in [-0.25, -0.2) is 9.97 Å². The predicted octanol–water partition coefficient (Wildman–Crippen LogP) is 3.44. The number of nitrogens with one attached hydrogen (secondary N) is 1. The first-order valence-electron chi connectivity index (χ1n) is 7.02. The second kappa shape index (κ2) is 5.10. The lowest BCUT2D eigenvalue weighted by molar-refractivity contribution is 0.0951. The molecule has 4 rings (SSSR count). The van der Waals surface area contributed by atoms with Gasteiger partial charge in [0.25, 0.3) is 5.91 Å². The van der Waals surface area contributed by atoms with Crippen LogP contribution in [-0.4, -0.2) is 21.9 Å². The van der Waals surface area contributed by atoms with Crippen LogP contribution in [0.2, 0.25) is 5.15 Å². The molecule has 0 spiro atoms. The van der Waals surface area contributed by atoms with Gasteiger partial charge in [-0.2, -0.15) is 0 Å². The van der Waals surface area contributed by atoms with Crippen molar-refractivity contribution < 1.29 is 9.21 Å². The molecule has 0 unspecified atom stereocenters. The third-order valence-electron chi connectivity index (χ3n) is 3.54. The molecule has 1 fully saturated rings. The first-order valence-corrected chi connectivity index (χ1v) is 7.40. The number of carbonyl (C=O) groups is 1. The summed E-state index contributed by atoms with van der Waals surface area (Å²) < 4.78 is 5.74. The van der Waals surface area contributed by atoms with Gasteiger partial charge in [0.2, 0.25) is 5.89 Å². The molecule has 1 N–H and O–H groups in total. The third-order valence-corrected chi connectivity index (χ3v) is 3.74. The average molecular weight is 314 g/mol. The Morgan fingerprint density at radius 3 is 2.91 bits per heavy atom. The van der Waals surface area contributed by atoms with E-state index < -0.39 is 0 Å². The molecule has 110 valence electrons. The van der Waals surface area contributed by atoms with Crippen molar-refractivity contribution in [2.45, 2.75) is 18.9 Å². The van der Waals surface area contributed by atoms with Crippen LogP contribution in [0.4, 0.5) is 0 Å². The molecule has 1 saturated carbocycles. The number of fused-ring (bicyclic) bond motifs is 1. The monoisotopic (exact) mass is 313 g/mol. The standard InChI is InChI=1S/C16H12ClN3O2/c17-14-8-10(5-6-18-14)16-20-12-4-1-9(7-13(12)22-16)15(21)19-11-2-3-11/h1,4-8,11H,2-3H2,(H,19,21). The SMILES string of the molecule is O=C(NC1CC1)c1ccc2nc(-c3ccnc(Cl)c3)oc2c1. The van der Waals surface area contributed by atoms with Gasteiger partial charge in [-0.1, -0.05) is 11.6 Å². The van der Waals surface area contributed by atoms with E-state index in [9.17, 15) is 4.79 Å². The Labute approximate surface area is 131 Å². The average Bonchev–Trinajstić information content (AvgIpc) is 3.22. The molecule has 22 heavy (non-hydrogen) atoms. The molecule has 0 radical (unpaired) electrons. The summed E-state index contributed by atoms with van der Waals surface area (Å²) in [7, 11) is 0. The fraction of sp³-hybridized carbons (Fsp3) is 0.188. The topological polar surface area (TPSA) is 68.0 Å². The minimum absolute atomic E-state index is 0.0747. The van der Waals surface area contributed by atoms with Crippen molar-refractivity contribution in [1.82, 2.24) is 15.3 Å². The van der Waals surface area contributed by atoms with Gasteiger partial charge in [-0.3, -0.25) is 4.79 Å². The van der Waals surface area contributed by atoms with E-state index in [4.69, 9.17) is 16.0 Å². The van der Waals surface area contributed by atoms with Crippen molar-refractivity contribution in [1.29, 1.82) is 0 Å². The Morgan fingerprint density at radius 1 is 1.27 bits per heavy atom. The van der Waals surface area contributed by atoms with E-state index >= 15 is 0 Å². The maximum absolute atomic E-state index is 12.1. The zero-order chi connectivity index (χ0) is 15.1. The number of halogens is 1. The van der Waals surface area contributed by atoms with Gasteiger partial charge in [0.05, 0.1) is 0 Å². The Morgan fingerprint density at radius 2 is 2.14 bits per heavy atom. The largest absolute Gasteiger partial charge is 0.436 e. The van der Waals surface area contributed by atoms with Crippen LogP contribution < -0.4 is 5.32 Å². The van der Waals surface area contributed by atoms with Crippen LogP contribution in [0.3, 0.4) is 0 Å². The zero-order valence-electron chi connectivity index (χ0n) is 11.5. The number of benzene rings is 1. The number of hydrogen-bond acceptors (Lipinski definition) is 4. The van der Waals surface area contributed by atoms with Crippen LogP contribution in [0.15, 0.2) is 40.9 Å². The summed E-state index contributed by atoms with van der Waals surface area (Å²) >= 11 is 5.88. The van der Waals surface area contributed by atoms with E-state index in [0.717, 1.165) is 18.4 Å². The number of carbonyl (C=O) groups excluding carboxylic acids is 1. The number of rotatable bonds is 3. The molecule has 3 aromatic rings. The summed E-state index contributed by atoms with van der Waals surface area (Å²) in [6, 6.07) is 9.04. The lowest BCUT2D eigenvalue weighted by Crippen LogP contribution is -2.25. The smallest absolute Gasteiger partial charge is 0.251 e. The second-order valence-corrected chi connectivity index (χ2v) is 5.70. The minimum Gasteiger partial charge on any atom is -0.436 e. The minimum atomic E-state index is -0.0747. The molecule has 0 saturated heterocycles. The zero-order valence-corrected chi connectivity index (χ0v) is 12.3. The molecular weight excluding hydrogens is 302 g/mol.